The molecule has 2 heterocycles. The van der Waals surface area contributed by atoms with Crippen molar-refractivity contribution < 1.29 is 9.32 Å². The monoisotopic (exact) mass is 540 g/mol. The number of nitrogens with zero attached hydrogens (tertiary/aromatic N) is 4. The third-order valence-electron chi connectivity index (χ3n) is 5.04. The zero-order valence-electron chi connectivity index (χ0n) is 18.5. The largest absolute Gasteiger partial charge is 0.364 e. The van der Waals surface area contributed by atoms with Gasteiger partial charge in [0.05, 0.1) is 12.2 Å². The van der Waals surface area contributed by atoms with Gasteiger partial charge in [-0.2, -0.15) is 0 Å². The van der Waals surface area contributed by atoms with Crippen LogP contribution in [0.1, 0.15) is 32.0 Å². The summed E-state index contributed by atoms with van der Waals surface area (Å²) in [5.74, 6) is 0.932. The van der Waals surface area contributed by atoms with E-state index in [4.69, 9.17) is 9.52 Å². The van der Waals surface area contributed by atoms with Crippen LogP contribution in [0.5, 0.6) is 0 Å². The lowest BCUT2D eigenvalue weighted by molar-refractivity contribution is -0.118. The van der Waals surface area contributed by atoms with E-state index < -0.39 is 0 Å². The molecule has 0 bridgehead atoms. The summed E-state index contributed by atoms with van der Waals surface area (Å²) in [5, 5.41) is 10.3. The minimum Gasteiger partial charge on any atom is -0.364 e. The smallest absolute Gasteiger partial charge is 0.226 e. The predicted molar refractivity (Wildman–Crippen MR) is 133 cm³/mol. The van der Waals surface area contributed by atoms with E-state index in [1.807, 2.05) is 44.2 Å². The van der Waals surface area contributed by atoms with Gasteiger partial charge < -0.3 is 20.1 Å². The summed E-state index contributed by atoms with van der Waals surface area (Å²) in [6.45, 7) is 11.9. The van der Waals surface area contributed by atoms with Crippen LogP contribution in [0.3, 0.4) is 0 Å². The highest BCUT2D eigenvalue weighted by Crippen LogP contribution is 2.13. The number of aliphatic imine (C=N–C) groups is 1. The molecule has 1 aliphatic rings. The van der Waals surface area contributed by atoms with Gasteiger partial charge in [-0.1, -0.05) is 31.1 Å². The van der Waals surface area contributed by atoms with Crippen molar-refractivity contribution in [3.63, 3.8) is 0 Å². The lowest BCUT2D eigenvalue weighted by Crippen LogP contribution is -2.52. The molecule has 0 atom stereocenters. The van der Waals surface area contributed by atoms with Crippen molar-refractivity contribution in [2.24, 2.45) is 10.9 Å². The van der Waals surface area contributed by atoms with Crippen LogP contribution >= 0.6 is 24.0 Å². The second-order valence-electron chi connectivity index (χ2n) is 7.77. The maximum Gasteiger partial charge on any atom is 0.226 e. The van der Waals surface area contributed by atoms with Crippen molar-refractivity contribution in [1.29, 1.82) is 0 Å². The fourth-order valence-electron chi connectivity index (χ4n) is 3.24. The molecule has 0 spiro atoms. The Kier molecular flexibility index (Phi) is 10.3. The Balaban J connectivity index is 0.00000341. The summed E-state index contributed by atoms with van der Waals surface area (Å²) in [7, 11) is 0. The quantitative estimate of drug-likeness (QED) is 0.319. The topological polar surface area (TPSA) is 86.0 Å². The Labute approximate surface area is 201 Å². The first-order valence-corrected chi connectivity index (χ1v) is 10.6. The predicted octanol–water partition coefficient (Wildman–Crippen LogP) is 3.17. The van der Waals surface area contributed by atoms with Crippen molar-refractivity contribution >= 4 is 41.5 Å². The highest BCUT2D eigenvalue weighted by Gasteiger charge is 2.20. The van der Waals surface area contributed by atoms with Crippen molar-refractivity contribution in [2.45, 2.75) is 33.9 Å². The number of rotatable bonds is 7. The van der Waals surface area contributed by atoms with Crippen LogP contribution in [0.25, 0.3) is 0 Å². The summed E-state index contributed by atoms with van der Waals surface area (Å²) in [6.07, 6.45) is 1.62. The molecule has 9 heteroatoms. The molecule has 1 aromatic heterocycles. The normalized spacial score (nSPS) is 15.0. The first kappa shape index (κ1) is 25.1. The van der Waals surface area contributed by atoms with Crippen LogP contribution in [0, 0.1) is 5.92 Å². The lowest BCUT2D eigenvalue weighted by atomic mass is 10.1. The molecular weight excluding hydrogens is 507 g/mol. The van der Waals surface area contributed by atoms with Crippen LogP contribution in [-0.4, -0.2) is 59.5 Å². The Bertz CT molecular complexity index is 815. The molecule has 1 fully saturated rings. The molecule has 170 valence electrons. The van der Waals surface area contributed by atoms with E-state index in [1.54, 1.807) is 6.26 Å². The number of carbonyl (C=O) groups is 1. The number of nitrogens with one attached hydrogen (secondary N) is 2. The van der Waals surface area contributed by atoms with Crippen LogP contribution in [0.4, 0.5) is 5.69 Å². The van der Waals surface area contributed by atoms with Gasteiger partial charge in [0.2, 0.25) is 5.91 Å². The minimum atomic E-state index is -0.0339. The Hall–Kier alpha value is -2.14. The molecule has 1 aromatic carbocycles. The van der Waals surface area contributed by atoms with Gasteiger partial charge >= 0.3 is 0 Å². The molecule has 2 aromatic rings. The van der Waals surface area contributed by atoms with Crippen LogP contribution < -0.4 is 10.6 Å². The molecule has 0 unspecified atom stereocenters. The summed E-state index contributed by atoms with van der Waals surface area (Å²) in [4.78, 5) is 21.3. The minimum absolute atomic E-state index is 0. The number of aromatic nitrogens is 1. The number of guanidine groups is 1. The van der Waals surface area contributed by atoms with Crippen LogP contribution in [0.2, 0.25) is 0 Å². The van der Waals surface area contributed by atoms with Crippen LogP contribution in [0.15, 0.2) is 46.1 Å². The van der Waals surface area contributed by atoms with E-state index >= 15 is 0 Å². The zero-order chi connectivity index (χ0) is 21.3. The third-order valence-corrected chi connectivity index (χ3v) is 5.04. The Morgan fingerprint density at radius 3 is 2.45 bits per heavy atom. The van der Waals surface area contributed by atoms with Gasteiger partial charge in [-0.25, -0.2) is 4.99 Å². The second kappa shape index (κ2) is 12.7. The van der Waals surface area contributed by atoms with Gasteiger partial charge in [-0.15, -0.1) is 24.0 Å². The maximum atomic E-state index is 11.8. The van der Waals surface area contributed by atoms with Gasteiger partial charge in [-0.3, -0.25) is 9.69 Å². The highest BCUT2D eigenvalue weighted by atomic mass is 127. The maximum absolute atomic E-state index is 11.8. The first-order chi connectivity index (χ1) is 14.5. The van der Waals surface area contributed by atoms with E-state index in [0.29, 0.717) is 6.54 Å². The number of halogens is 1. The number of benzene rings is 1. The third kappa shape index (κ3) is 7.80. The van der Waals surface area contributed by atoms with Gasteiger partial charge in [0.1, 0.15) is 6.26 Å². The molecule has 1 saturated heterocycles. The molecule has 3 rings (SSSR count). The van der Waals surface area contributed by atoms with E-state index in [1.165, 1.54) is 0 Å². The van der Waals surface area contributed by atoms with Crippen molar-refractivity contribution in [2.75, 3.05) is 38.0 Å². The second-order valence-corrected chi connectivity index (χ2v) is 7.77. The summed E-state index contributed by atoms with van der Waals surface area (Å²) in [5.41, 5.74) is 2.89. The summed E-state index contributed by atoms with van der Waals surface area (Å²) >= 11 is 0. The fraction of sp³-hybridized carbons (Fsp3) is 0.500. The standard InChI is InChI=1S/C22H32N6O2.HI/c1-4-23-22(28-12-10-27(11-13-28)16-20-9-14-30-26-20)24-15-18-5-7-19(8-6-18)25-21(29)17(2)3;/h5-9,14,17H,4,10-13,15-16H2,1-3H3,(H,23,24)(H,25,29);1H. The molecule has 31 heavy (non-hydrogen) atoms. The Morgan fingerprint density at radius 2 is 1.87 bits per heavy atom. The number of hydrogen-bond acceptors (Lipinski definition) is 5. The SMILES string of the molecule is CCNC(=NCc1ccc(NC(=O)C(C)C)cc1)N1CCN(Cc2ccon2)CC1.I. The molecule has 0 saturated carbocycles. The number of hydrogen-bond donors (Lipinski definition) is 2. The summed E-state index contributed by atoms with van der Waals surface area (Å²) < 4.78 is 4.92. The van der Waals surface area contributed by atoms with Crippen molar-refractivity contribution in [3.8, 4) is 0 Å². The molecular formula is C22H33IN6O2. The van der Waals surface area contributed by atoms with Crippen molar-refractivity contribution in [1.82, 2.24) is 20.3 Å². The van der Waals surface area contributed by atoms with Gasteiger partial charge in [0.15, 0.2) is 5.96 Å². The molecule has 0 radical (unpaired) electrons. The molecule has 1 amide bonds. The highest BCUT2D eigenvalue weighted by molar-refractivity contribution is 14.0. The summed E-state index contributed by atoms with van der Waals surface area (Å²) in [6, 6.07) is 9.80. The van der Waals surface area contributed by atoms with Crippen LogP contribution in [-0.2, 0) is 17.9 Å². The number of anilines is 1. The number of carbonyl (C=O) groups excluding carboxylic acids is 1. The van der Waals surface area contributed by atoms with E-state index in [9.17, 15) is 4.79 Å². The Morgan fingerprint density at radius 1 is 1.16 bits per heavy atom. The molecule has 2 N–H and O–H groups in total. The average molecular weight is 540 g/mol. The van der Waals surface area contributed by atoms with Crippen molar-refractivity contribution in [3.05, 3.63) is 47.9 Å². The number of amides is 1. The number of piperazine rings is 1. The molecule has 8 nitrogen and oxygen atoms in total. The van der Waals surface area contributed by atoms with E-state index in [0.717, 1.165) is 62.2 Å². The van der Waals surface area contributed by atoms with Gasteiger partial charge in [-0.05, 0) is 24.6 Å². The van der Waals surface area contributed by atoms with Gasteiger partial charge in [0.25, 0.3) is 0 Å². The fourth-order valence-corrected chi connectivity index (χ4v) is 3.24. The molecule has 1 aliphatic heterocycles. The first-order valence-electron chi connectivity index (χ1n) is 10.6. The molecule has 0 aliphatic carbocycles. The van der Waals surface area contributed by atoms with E-state index in [2.05, 4.69) is 32.5 Å². The van der Waals surface area contributed by atoms with E-state index in [-0.39, 0.29) is 35.8 Å². The zero-order valence-corrected chi connectivity index (χ0v) is 20.8. The van der Waals surface area contributed by atoms with Gasteiger partial charge in [0, 0.05) is 56.9 Å². The lowest BCUT2D eigenvalue weighted by Gasteiger charge is -2.36. The average Bonchev–Trinajstić information content (AvgIpc) is 3.26.